The van der Waals surface area contributed by atoms with Crippen LogP contribution in [0.25, 0.3) is 11.4 Å². The second kappa shape index (κ2) is 9.58. The highest BCUT2D eigenvalue weighted by Gasteiger charge is 2.25. The molecule has 3 N–H and O–H groups in total. The van der Waals surface area contributed by atoms with E-state index in [0.29, 0.717) is 28.0 Å². The molecule has 166 valence electrons. The first-order chi connectivity index (χ1) is 15.4. The van der Waals surface area contributed by atoms with Gasteiger partial charge in [-0.05, 0) is 49.9 Å². The molecule has 0 spiro atoms. The van der Waals surface area contributed by atoms with Crippen molar-refractivity contribution in [1.29, 1.82) is 0 Å². The van der Waals surface area contributed by atoms with E-state index >= 15 is 0 Å². The summed E-state index contributed by atoms with van der Waals surface area (Å²) in [6.45, 7) is 1.71. The summed E-state index contributed by atoms with van der Waals surface area (Å²) >= 11 is 6.05. The largest absolute Gasteiger partial charge is 0.392 e. The van der Waals surface area contributed by atoms with Crippen LogP contribution in [0.4, 0.5) is 15.9 Å². The van der Waals surface area contributed by atoms with Crippen LogP contribution in [0, 0.1) is 5.82 Å². The van der Waals surface area contributed by atoms with Crippen molar-refractivity contribution in [1.82, 2.24) is 20.3 Å². The maximum atomic E-state index is 14.4. The molecule has 4 rings (SSSR count). The van der Waals surface area contributed by atoms with Crippen molar-refractivity contribution in [3.8, 4) is 11.4 Å². The molecular weight excluding hydrogens is 433 g/mol. The average molecular weight is 456 g/mol. The Morgan fingerprint density at radius 3 is 2.84 bits per heavy atom. The fourth-order valence-electron chi connectivity index (χ4n) is 3.46. The van der Waals surface area contributed by atoms with Crippen LogP contribution in [0.2, 0.25) is 5.02 Å². The molecule has 1 saturated carbocycles. The number of amides is 1. The summed E-state index contributed by atoms with van der Waals surface area (Å²) in [5, 5.41) is 15.7. The highest BCUT2D eigenvalue weighted by molar-refractivity contribution is 6.30. The molecule has 2 heterocycles. The molecule has 1 aromatic carbocycles. The van der Waals surface area contributed by atoms with Gasteiger partial charge < -0.3 is 15.7 Å². The Labute approximate surface area is 190 Å². The maximum absolute atomic E-state index is 14.4. The van der Waals surface area contributed by atoms with Gasteiger partial charge in [-0.15, -0.1) is 0 Å². The minimum Gasteiger partial charge on any atom is -0.392 e. The summed E-state index contributed by atoms with van der Waals surface area (Å²) in [4.78, 5) is 25.7. The Morgan fingerprint density at radius 2 is 2.12 bits per heavy atom. The lowest BCUT2D eigenvalue weighted by Crippen LogP contribution is -2.31. The highest BCUT2D eigenvalue weighted by Crippen LogP contribution is 2.40. The number of hydrogen-bond donors (Lipinski definition) is 3. The third-order valence-corrected chi connectivity index (χ3v) is 5.64. The van der Waals surface area contributed by atoms with E-state index in [-0.39, 0.29) is 23.8 Å². The monoisotopic (exact) mass is 455 g/mol. The number of aliphatic hydroxyl groups excluding tert-OH is 1. The smallest absolute Gasteiger partial charge is 0.255 e. The van der Waals surface area contributed by atoms with Crippen LogP contribution in [-0.2, 0) is 0 Å². The number of pyridine rings is 1. The van der Waals surface area contributed by atoms with E-state index in [2.05, 4.69) is 25.6 Å². The van der Waals surface area contributed by atoms with Crippen LogP contribution in [0.15, 0.2) is 42.9 Å². The van der Waals surface area contributed by atoms with Crippen molar-refractivity contribution in [3.05, 3.63) is 64.8 Å². The van der Waals surface area contributed by atoms with Gasteiger partial charge in [0.2, 0.25) is 0 Å². The molecule has 32 heavy (non-hydrogen) atoms. The SMILES string of the molecule is C[C@@H](O)CNC(=O)c1cnccc1Nc1nc(-c2cc(Cl)ccc2F)ncc1C1CCC1. The van der Waals surface area contributed by atoms with Crippen LogP contribution in [0.1, 0.15) is 48.0 Å². The van der Waals surface area contributed by atoms with E-state index in [1.165, 1.54) is 24.4 Å². The Hall–Kier alpha value is -3.10. The first-order valence-electron chi connectivity index (χ1n) is 10.4. The van der Waals surface area contributed by atoms with Crippen molar-refractivity contribution in [3.63, 3.8) is 0 Å². The van der Waals surface area contributed by atoms with Crippen molar-refractivity contribution in [2.45, 2.75) is 38.2 Å². The summed E-state index contributed by atoms with van der Waals surface area (Å²) in [6.07, 6.45) is 7.20. The van der Waals surface area contributed by atoms with Gasteiger partial charge in [-0.3, -0.25) is 9.78 Å². The van der Waals surface area contributed by atoms with E-state index in [9.17, 15) is 14.3 Å². The molecule has 0 radical (unpaired) electrons. The van der Waals surface area contributed by atoms with Gasteiger partial charge in [0.15, 0.2) is 5.82 Å². The lowest BCUT2D eigenvalue weighted by atomic mass is 9.80. The quantitative estimate of drug-likeness (QED) is 0.486. The van der Waals surface area contributed by atoms with E-state index in [1.54, 1.807) is 25.4 Å². The van der Waals surface area contributed by atoms with E-state index in [4.69, 9.17) is 11.6 Å². The molecule has 0 unspecified atom stereocenters. The van der Waals surface area contributed by atoms with Crippen LogP contribution in [0.3, 0.4) is 0 Å². The topological polar surface area (TPSA) is 100 Å². The maximum Gasteiger partial charge on any atom is 0.255 e. The number of hydrogen-bond acceptors (Lipinski definition) is 6. The molecule has 1 fully saturated rings. The minimum absolute atomic E-state index is 0.117. The number of aromatic nitrogens is 3. The number of anilines is 2. The summed E-state index contributed by atoms with van der Waals surface area (Å²) in [5.41, 5.74) is 1.92. The van der Waals surface area contributed by atoms with Crippen LogP contribution in [-0.4, -0.2) is 38.6 Å². The lowest BCUT2D eigenvalue weighted by Gasteiger charge is -2.27. The summed E-state index contributed by atoms with van der Waals surface area (Å²) in [6, 6.07) is 5.91. The van der Waals surface area contributed by atoms with E-state index in [1.807, 2.05) is 0 Å². The average Bonchev–Trinajstić information content (AvgIpc) is 2.74. The summed E-state index contributed by atoms with van der Waals surface area (Å²) < 4.78 is 14.4. The number of nitrogens with one attached hydrogen (secondary N) is 2. The molecule has 0 saturated heterocycles. The first kappa shape index (κ1) is 22.1. The van der Waals surface area contributed by atoms with Gasteiger partial charge in [-0.2, -0.15) is 0 Å². The fourth-order valence-corrected chi connectivity index (χ4v) is 3.63. The number of aliphatic hydroxyl groups is 1. The number of nitrogens with zero attached hydrogens (tertiary/aromatic N) is 3. The van der Waals surface area contributed by atoms with Gasteiger partial charge >= 0.3 is 0 Å². The number of rotatable bonds is 7. The Bertz CT molecular complexity index is 1140. The number of benzene rings is 1. The number of carbonyl (C=O) groups is 1. The van der Waals surface area contributed by atoms with E-state index < -0.39 is 11.9 Å². The van der Waals surface area contributed by atoms with Crippen molar-refractivity contribution < 1.29 is 14.3 Å². The molecule has 1 aliphatic carbocycles. The predicted molar refractivity (Wildman–Crippen MR) is 121 cm³/mol. The van der Waals surface area contributed by atoms with Gasteiger partial charge in [-0.1, -0.05) is 18.0 Å². The van der Waals surface area contributed by atoms with Gasteiger partial charge in [0.25, 0.3) is 5.91 Å². The molecule has 1 amide bonds. The van der Waals surface area contributed by atoms with E-state index in [0.717, 1.165) is 24.8 Å². The molecule has 2 aromatic heterocycles. The molecular formula is C23H23ClFN5O2. The third-order valence-electron chi connectivity index (χ3n) is 5.41. The van der Waals surface area contributed by atoms with Crippen molar-refractivity contribution in [2.24, 2.45) is 0 Å². The second-order valence-corrected chi connectivity index (χ2v) is 8.29. The zero-order chi connectivity index (χ0) is 22.7. The predicted octanol–water partition coefficient (Wildman–Crippen LogP) is 4.45. The summed E-state index contributed by atoms with van der Waals surface area (Å²) in [5.74, 6) is 0.158. The summed E-state index contributed by atoms with van der Waals surface area (Å²) in [7, 11) is 0. The third kappa shape index (κ3) is 4.87. The van der Waals surface area contributed by atoms with Gasteiger partial charge in [-0.25, -0.2) is 14.4 Å². The highest BCUT2D eigenvalue weighted by atomic mass is 35.5. The van der Waals surface area contributed by atoms with Crippen molar-refractivity contribution in [2.75, 3.05) is 11.9 Å². The molecule has 1 atom stereocenters. The zero-order valence-corrected chi connectivity index (χ0v) is 18.2. The van der Waals surface area contributed by atoms with Crippen LogP contribution in [0.5, 0.6) is 0 Å². The number of carbonyl (C=O) groups excluding carboxylic acids is 1. The lowest BCUT2D eigenvalue weighted by molar-refractivity contribution is 0.0924. The fraction of sp³-hybridized carbons (Fsp3) is 0.304. The van der Waals surface area contributed by atoms with Gasteiger partial charge in [0.1, 0.15) is 11.6 Å². The molecule has 0 aliphatic heterocycles. The first-order valence-corrected chi connectivity index (χ1v) is 10.8. The Morgan fingerprint density at radius 1 is 1.31 bits per heavy atom. The second-order valence-electron chi connectivity index (χ2n) is 7.85. The molecule has 7 nitrogen and oxygen atoms in total. The van der Waals surface area contributed by atoms with Gasteiger partial charge in [0, 0.05) is 35.7 Å². The van der Waals surface area contributed by atoms with Crippen LogP contribution < -0.4 is 10.6 Å². The molecule has 9 heteroatoms. The van der Waals surface area contributed by atoms with Gasteiger partial charge in [0.05, 0.1) is 22.9 Å². The Kier molecular flexibility index (Phi) is 6.62. The Balaban J connectivity index is 1.71. The van der Waals surface area contributed by atoms with Crippen LogP contribution >= 0.6 is 11.6 Å². The molecule has 1 aliphatic rings. The standard InChI is InChI=1S/C23H23ClFN5O2/c1-13(31)10-28-23(32)18-11-26-8-7-20(18)29-22-17(14-3-2-4-14)12-27-21(30-22)16-9-15(24)5-6-19(16)25/h5-9,11-14,31H,2-4,10H2,1H3,(H,28,32)(H,26,27,29,30)/t13-/m1/s1. The zero-order valence-electron chi connectivity index (χ0n) is 17.5. The molecule has 3 aromatic rings. The number of halogens is 2. The normalized spacial score (nSPS) is 14.5. The minimum atomic E-state index is -0.672. The van der Waals surface area contributed by atoms with Crippen molar-refractivity contribution >= 4 is 29.0 Å². The molecule has 0 bridgehead atoms.